The molecule has 0 aromatic carbocycles. The Labute approximate surface area is 733 Å². The number of ketones is 5. The molecule has 10 saturated carbocycles. The molecule has 20 aliphatic carbocycles. The molecule has 0 radical (unpaired) electrons. The molecule has 25 nitrogen and oxygen atoms in total. The number of aliphatic hydroxyl groups is 20. The van der Waals surface area contributed by atoms with Crippen molar-refractivity contribution < 1.29 is 126 Å². The monoisotopic (exact) mass is 1740 g/mol. The Morgan fingerprint density at radius 3 is 0.496 bits per heavy atom. The molecule has 0 aliphatic heterocycles. The first-order valence-electron chi connectivity index (χ1n) is 45.9. The number of aliphatic hydroxyl groups excluding tert-OH is 15. The van der Waals surface area contributed by atoms with Gasteiger partial charge in [0.1, 0.15) is 89.0 Å². The van der Waals surface area contributed by atoms with Gasteiger partial charge in [-0.2, -0.15) is 0 Å². The number of hydrogen-bond acceptors (Lipinski definition) is 25. The molecule has 0 saturated heterocycles. The van der Waals surface area contributed by atoms with E-state index in [1.807, 2.05) is 34.6 Å². The third kappa shape index (κ3) is 11.0. The molecule has 40 atom stereocenters. The van der Waals surface area contributed by atoms with E-state index in [2.05, 4.69) is 69.2 Å². The van der Waals surface area contributed by atoms with E-state index in [4.69, 9.17) is 0 Å². The van der Waals surface area contributed by atoms with Crippen LogP contribution < -0.4 is 0 Å². The van der Waals surface area contributed by atoms with Gasteiger partial charge in [0.15, 0.2) is 28.9 Å². The number of carbonyl (C=O) groups excluding carboxylic acids is 5. The maximum absolute atomic E-state index is 13.7. The predicted octanol–water partition coefficient (Wildman–Crippen LogP) is 4.08. The lowest BCUT2D eigenvalue weighted by Gasteiger charge is -2.48. The van der Waals surface area contributed by atoms with Crippen molar-refractivity contribution in [3.05, 3.63) is 116 Å². The lowest BCUT2D eigenvalue weighted by atomic mass is 9.59. The van der Waals surface area contributed by atoms with E-state index in [0.717, 1.165) is 32.1 Å². The molecule has 25 heteroatoms. The summed E-state index contributed by atoms with van der Waals surface area (Å²) in [6, 6.07) is 0. The summed E-state index contributed by atoms with van der Waals surface area (Å²) in [6.07, 6.45) is 6.70. The molecule has 0 heterocycles. The van der Waals surface area contributed by atoms with Gasteiger partial charge in [0, 0.05) is 29.6 Å². The fourth-order valence-electron chi connectivity index (χ4n) is 32.1. The largest absolute Gasteiger partial charge is 0.392 e. The summed E-state index contributed by atoms with van der Waals surface area (Å²) in [4.78, 5) is 68.7. The third-order valence-corrected chi connectivity index (χ3v) is 39.7. The molecule has 5 spiro atoms. The molecule has 10 bridgehead atoms. The van der Waals surface area contributed by atoms with Crippen LogP contribution in [-0.4, -0.2) is 253 Å². The van der Waals surface area contributed by atoms with Crippen molar-refractivity contribution in [2.45, 2.75) is 260 Å². The van der Waals surface area contributed by atoms with Crippen LogP contribution in [0, 0.1) is 173 Å². The van der Waals surface area contributed by atoms with Gasteiger partial charge in [0.2, 0.25) is 0 Å². The zero-order valence-electron chi connectivity index (χ0n) is 76.2. The number of Topliss-reactive ketones (excluding diaryl/α,β-unsaturated/α-hetero) is 5. The lowest BCUT2D eigenvalue weighted by molar-refractivity contribution is -0.190. The summed E-state index contributed by atoms with van der Waals surface area (Å²) in [5.41, 5.74) is -12.9. The molecule has 20 N–H and O–H groups in total. The molecule has 0 aromatic heterocycles. The van der Waals surface area contributed by atoms with E-state index in [1.54, 1.807) is 95.4 Å². The molecule has 0 amide bonds. The Balaban J connectivity index is 0.000000115. The van der Waals surface area contributed by atoms with Gasteiger partial charge < -0.3 is 102 Å². The van der Waals surface area contributed by atoms with Crippen LogP contribution in [0.25, 0.3) is 0 Å². The van der Waals surface area contributed by atoms with Crippen molar-refractivity contribution in [2.24, 2.45) is 173 Å². The van der Waals surface area contributed by atoms with Gasteiger partial charge in [-0.1, -0.05) is 165 Å². The first-order chi connectivity index (χ1) is 57.7. The van der Waals surface area contributed by atoms with Gasteiger partial charge >= 0.3 is 0 Å². The van der Waals surface area contributed by atoms with Gasteiger partial charge in [0.05, 0.1) is 60.1 Å². The molecule has 8 unspecified atom stereocenters. The van der Waals surface area contributed by atoms with E-state index in [0.29, 0.717) is 57.5 Å². The SMILES string of the molecule is CC1=CC23C(=O)C(C=C(CO)C(O)C2(O)C1O)C1C(CC3C)C1(C)C.CC1=C[C@]23C(=O)[C@@H](C=C(CO)[C@@H](O)[C@]2(O)[C@@H]1O)[C@H]1[C@@H](C[C@H]3C)C1(C)C.CC1=C[C@]23C(=O)[C@@H](C=C(CO)[C@@H](O)[C@]2(O)[C@H]1O)[C@H]1[C@@H](C[C@H]3C)C1(C)C.CC1=C[C@]23C(=O)[C@@H](C=C(CO)[C@H](O)[C@]2(O)[C@@H]1O)[C@H]1[C@@H](C[C@H]3C)C1(C)C.CC1=C[C@]23C(=O)[C@@H](C=C(CO)[C@H](O)[C@]2(O)[C@H]1O)[C@H]1[C@@H](C[C@H]3C)C1(C)C. The van der Waals surface area contributed by atoms with E-state index in [9.17, 15) is 126 Å². The zero-order valence-corrected chi connectivity index (χ0v) is 76.2. The minimum absolute atomic E-state index is 0.0245. The summed E-state index contributed by atoms with van der Waals surface area (Å²) in [5, 5.41) is 215. The Morgan fingerprint density at radius 2 is 0.376 bits per heavy atom. The highest BCUT2D eigenvalue weighted by molar-refractivity contribution is 5.99. The highest BCUT2D eigenvalue weighted by atomic mass is 16.4. The standard InChI is InChI=1S/5C20H28O5/c5*1-9-7-19-10(2)5-13-14(18(13,3)4)12(17(19)24)6-11(8-21)16(23)20(19,25)15(9)22/h5*6-7,10,12-16,21-23,25H,5,8H2,1-4H3/t10-,12+,13-,14+,15+,16+,19+,20-;10-,12+,13-,14+,15+,16-,19+,20-;10-,12+,13-,14+,15-,16+,19+,20-;10-,12+,13-,14+,15-,16-,19+,20-;/m1111./s1. The Kier molecular flexibility index (Phi) is 21.4. The van der Waals surface area contributed by atoms with Crippen LogP contribution in [0.1, 0.15) is 171 Å². The van der Waals surface area contributed by atoms with Crippen LogP contribution in [-0.2, 0) is 24.0 Å². The Bertz CT molecular complexity index is 4230. The zero-order chi connectivity index (χ0) is 92.6. The average molecular weight is 1740 g/mol. The fourth-order valence-corrected chi connectivity index (χ4v) is 32.1. The molecular formula is C100H140O25. The maximum Gasteiger partial charge on any atom is 0.153 e. The summed E-state index contributed by atoms with van der Waals surface area (Å²) < 4.78 is 0. The molecule has 125 heavy (non-hydrogen) atoms. The number of allylic oxidation sites excluding steroid dienone is 5. The van der Waals surface area contributed by atoms with Gasteiger partial charge in [-0.05, 0) is 238 Å². The second-order valence-electron chi connectivity index (χ2n) is 46.3. The van der Waals surface area contributed by atoms with Crippen molar-refractivity contribution in [3.63, 3.8) is 0 Å². The van der Waals surface area contributed by atoms with E-state index >= 15 is 0 Å². The van der Waals surface area contributed by atoms with E-state index in [-0.39, 0.29) is 143 Å². The van der Waals surface area contributed by atoms with Crippen LogP contribution in [0.15, 0.2) is 116 Å². The molecule has 690 valence electrons. The van der Waals surface area contributed by atoms with E-state index < -0.39 is 179 Å². The number of rotatable bonds is 5. The third-order valence-electron chi connectivity index (χ3n) is 39.7. The minimum Gasteiger partial charge on any atom is -0.392 e. The van der Waals surface area contributed by atoms with Crippen molar-refractivity contribution in [1.82, 2.24) is 0 Å². The van der Waals surface area contributed by atoms with Gasteiger partial charge in [-0.3, -0.25) is 24.0 Å². The summed E-state index contributed by atoms with van der Waals surface area (Å²) >= 11 is 0. The van der Waals surface area contributed by atoms with Gasteiger partial charge in [-0.25, -0.2) is 0 Å². The van der Waals surface area contributed by atoms with Crippen molar-refractivity contribution in [3.8, 4) is 0 Å². The Morgan fingerprint density at radius 1 is 0.248 bits per heavy atom. The summed E-state index contributed by atoms with van der Waals surface area (Å²) in [5.74, 6) is -1.44. The first kappa shape index (κ1) is 93.2. The highest BCUT2D eigenvalue weighted by Gasteiger charge is 2.83. The number of fused-ring (bicyclic) bond motifs is 15. The first-order valence-corrected chi connectivity index (χ1v) is 45.9. The second-order valence-corrected chi connectivity index (χ2v) is 46.3. The lowest BCUT2D eigenvalue weighted by Crippen LogP contribution is -2.65. The van der Waals surface area contributed by atoms with Crippen molar-refractivity contribution in [2.75, 3.05) is 33.0 Å². The molecule has 10 fully saturated rings. The molecule has 0 aromatic rings. The molecule has 20 aliphatic rings. The van der Waals surface area contributed by atoms with Crippen LogP contribution in [0.3, 0.4) is 0 Å². The van der Waals surface area contributed by atoms with Gasteiger partial charge in [0.25, 0.3) is 0 Å². The smallest absolute Gasteiger partial charge is 0.153 e. The van der Waals surface area contributed by atoms with Crippen LogP contribution in [0.5, 0.6) is 0 Å². The maximum atomic E-state index is 13.7. The van der Waals surface area contributed by atoms with Crippen LogP contribution in [0.4, 0.5) is 0 Å². The topological polar surface area (TPSA) is 490 Å². The van der Waals surface area contributed by atoms with Crippen LogP contribution in [0.2, 0.25) is 0 Å². The average Bonchev–Trinajstić information content (AvgIpc) is 1.52. The Hall–Kier alpha value is -5.05. The highest BCUT2D eigenvalue weighted by Crippen LogP contribution is 2.78. The number of carbonyl (C=O) groups is 5. The van der Waals surface area contributed by atoms with Gasteiger partial charge in [-0.15, -0.1) is 0 Å². The van der Waals surface area contributed by atoms with Crippen molar-refractivity contribution >= 4 is 28.9 Å². The normalized spacial score (nSPS) is 53.2. The fraction of sp³-hybridized carbons (Fsp3) is 0.750. The summed E-state index contributed by atoms with van der Waals surface area (Å²) in [6.45, 7) is 37.5. The molecular weight excluding hydrogens is 1600 g/mol. The molecule has 20 rings (SSSR count). The van der Waals surface area contributed by atoms with Crippen molar-refractivity contribution in [1.29, 1.82) is 0 Å². The van der Waals surface area contributed by atoms with Crippen LogP contribution >= 0.6 is 0 Å². The second kappa shape index (κ2) is 28.7. The van der Waals surface area contributed by atoms with E-state index in [1.165, 1.54) is 0 Å². The predicted molar refractivity (Wildman–Crippen MR) is 457 cm³/mol. The number of hydrogen-bond donors (Lipinski definition) is 20. The quantitative estimate of drug-likeness (QED) is 0.172. The summed E-state index contributed by atoms with van der Waals surface area (Å²) in [7, 11) is 0. The minimum atomic E-state index is -2.03.